The number of hydrogen-bond donors (Lipinski definition) is 0. The van der Waals surface area contributed by atoms with Gasteiger partial charge in [0.05, 0.1) is 6.61 Å². The third kappa shape index (κ3) is 3.97. The van der Waals surface area contributed by atoms with Crippen molar-refractivity contribution in [2.24, 2.45) is 0 Å². The summed E-state index contributed by atoms with van der Waals surface area (Å²) in [5.74, 6) is 0. The van der Waals surface area contributed by atoms with E-state index < -0.39 is 8.32 Å². The monoisotopic (exact) mass is 328 g/mol. The predicted octanol–water partition coefficient (Wildman–Crippen LogP) is 6.54. The van der Waals surface area contributed by atoms with Crippen LogP contribution < -0.4 is 0 Å². The normalized spacial score (nSPS) is 21.2. The van der Waals surface area contributed by atoms with E-state index >= 15 is 0 Å². The second kappa shape index (κ2) is 8.30. The zero-order chi connectivity index (χ0) is 16.0. The van der Waals surface area contributed by atoms with Crippen molar-refractivity contribution in [1.29, 1.82) is 0 Å². The first-order valence-electron chi connectivity index (χ1n) is 9.66. The molecule has 0 atom stereocenters. The quantitative estimate of drug-likeness (QED) is 0.538. The number of benzene rings is 1. The van der Waals surface area contributed by atoms with E-state index in [0.29, 0.717) is 0 Å². The average molecular weight is 329 g/mol. The summed E-state index contributed by atoms with van der Waals surface area (Å²) >= 11 is 0. The fourth-order valence-electron chi connectivity index (χ4n) is 4.85. The first kappa shape index (κ1) is 17.0. The van der Waals surface area contributed by atoms with E-state index in [2.05, 4.69) is 42.6 Å². The van der Waals surface area contributed by atoms with E-state index in [4.69, 9.17) is 4.43 Å². The Morgan fingerprint density at radius 3 is 1.87 bits per heavy atom. The molecule has 1 nitrogen and oxygen atoms in total. The molecule has 0 unspecified atom stereocenters. The lowest BCUT2D eigenvalue weighted by atomic mass is 9.99. The van der Waals surface area contributed by atoms with Gasteiger partial charge in [-0.05, 0) is 16.6 Å². The molecule has 126 valence electrons. The summed E-state index contributed by atoms with van der Waals surface area (Å²) < 4.78 is 6.86. The van der Waals surface area contributed by atoms with Crippen molar-refractivity contribution in [1.82, 2.24) is 0 Å². The Balaban J connectivity index is 1.79. The SMILES string of the molecule is C=C[Si](OCc1ccccc1)(C1CCCCC1)C1CCCCC1. The van der Waals surface area contributed by atoms with E-state index in [1.165, 1.54) is 69.8 Å². The lowest BCUT2D eigenvalue weighted by molar-refractivity contribution is 0.256. The molecule has 0 amide bonds. The van der Waals surface area contributed by atoms with Crippen LogP contribution in [0.4, 0.5) is 0 Å². The predicted molar refractivity (Wildman–Crippen MR) is 101 cm³/mol. The molecule has 2 heteroatoms. The molecular formula is C21H32OSi. The molecule has 2 fully saturated rings. The zero-order valence-electron chi connectivity index (χ0n) is 14.5. The van der Waals surface area contributed by atoms with Gasteiger partial charge in [0, 0.05) is 0 Å². The fourth-order valence-corrected chi connectivity index (χ4v) is 9.81. The van der Waals surface area contributed by atoms with Gasteiger partial charge in [-0.2, -0.15) is 0 Å². The standard InChI is InChI=1S/C21H32OSi/c1-2-23(20-14-8-4-9-15-20,21-16-10-5-11-17-21)22-18-19-12-6-3-7-13-19/h2-3,6-7,12-13,20-21H,1,4-5,8-11,14-18H2. The van der Waals surface area contributed by atoms with Gasteiger partial charge in [-0.15, -0.1) is 6.58 Å². The molecule has 2 aliphatic carbocycles. The third-order valence-electron chi connectivity index (χ3n) is 6.14. The maximum atomic E-state index is 6.86. The lowest BCUT2D eigenvalue weighted by Crippen LogP contribution is -2.47. The Morgan fingerprint density at radius 2 is 1.39 bits per heavy atom. The van der Waals surface area contributed by atoms with Crippen LogP contribution in [0, 0.1) is 0 Å². The van der Waals surface area contributed by atoms with Crippen molar-refractivity contribution in [2.75, 3.05) is 0 Å². The average Bonchev–Trinajstić information content (AvgIpc) is 2.65. The summed E-state index contributed by atoms with van der Waals surface area (Å²) in [7, 11) is -1.89. The highest BCUT2D eigenvalue weighted by Crippen LogP contribution is 2.49. The van der Waals surface area contributed by atoms with Gasteiger partial charge < -0.3 is 4.43 Å². The van der Waals surface area contributed by atoms with Crippen LogP contribution in [-0.2, 0) is 11.0 Å². The largest absolute Gasteiger partial charge is 0.408 e. The third-order valence-corrected chi connectivity index (χ3v) is 11.1. The molecule has 3 rings (SSSR count). The molecule has 0 saturated heterocycles. The molecule has 2 saturated carbocycles. The van der Waals surface area contributed by atoms with Crippen molar-refractivity contribution in [3.63, 3.8) is 0 Å². The molecule has 1 aromatic rings. The van der Waals surface area contributed by atoms with Gasteiger partial charge in [0.25, 0.3) is 0 Å². The smallest absolute Gasteiger partial charge is 0.223 e. The zero-order valence-corrected chi connectivity index (χ0v) is 15.5. The van der Waals surface area contributed by atoms with Gasteiger partial charge in [0.1, 0.15) is 0 Å². The summed E-state index contributed by atoms with van der Waals surface area (Å²) in [6.07, 6.45) is 13.9. The van der Waals surface area contributed by atoms with Gasteiger partial charge in [-0.3, -0.25) is 0 Å². The van der Waals surface area contributed by atoms with Crippen LogP contribution in [0.5, 0.6) is 0 Å². The topological polar surface area (TPSA) is 9.23 Å². The van der Waals surface area contributed by atoms with Gasteiger partial charge >= 0.3 is 0 Å². The van der Waals surface area contributed by atoms with Crippen LogP contribution in [0.2, 0.25) is 11.1 Å². The molecule has 2 aliphatic rings. The number of rotatable bonds is 6. The first-order chi connectivity index (χ1) is 11.3. The Morgan fingerprint density at radius 1 is 0.870 bits per heavy atom. The highest BCUT2D eigenvalue weighted by Gasteiger charge is 2.47. The van der Waals surface area contributed by atoms with Gasteiger partial charge in [-0.25, -0.2) is 0 Å². The molecule has 0 radical (unpaired) electrons. The van der Waals surface area contributed by atoms with E-state index in [1.54, 1.807) is 0 Å². The van der Waals surface area contributed by atoms with Crippen LogP contribution in [0.3, 0.4) is 0 Å². The van der Waals surface area contributed by atoms with Crippen molar-refractivity contribution < 1.29 is 4.43 Å². The summed E-state index contributed by atoms with van der Waals surface area (Å²) in [6, 6.07) is 10.7. The van der Waals surface area contributed by atoms with Gasteiger partial charge in [0.15, 0.2) is 0 Å². The van der Waals surface area contributed by atoms with Crippen molar-refractivity contribution in [3.05, 3.63) is 48.2 Å². The summed E-state index contributed by atoms with van der Waals surface area (Å²) in [4.78, 5) is 0. The Kier molecular flexibility index (Phi) is 6.13. The van der Waals surface area contributed by atoms with Crippen LogP contribution in [0.1, 0.15) is 69.8 Å². The molecule has 23 heavy (non-hydrogen) atoms. The molecule has 0 heterocycles. The van der Waals surface area contributed by atoms with Crippen molar-refractivity contribution >= 4 is 8.32 Å². The van der Waals surface area contributed by atoms with E-state index in [0.717, 1.165) is 17.7 Å². The minimum Gasteiger partial charge on any atom is -0.408 e. The number of hydrogen-bond acceptors (Lipinski definition) is 1. The van der Waals surface area contributed by atoms with Gasteiger partial charge in [-0.1, -0.05) is 100 Å². The summed E-state index contributed by atoms with van der Waals surface area (Å²) in [6.45, 7) is 5.12. The minimum atomic E-state index is -1.89. The van der Waals surface area contributed by atoms with Crippen LogP contribution >= 0.6 is 0 Å². The fraction of sp³-hybridized carbons (Fsp3) is 0.619. The molecule has 0 aromatic heterocycles. The maximum absolute atomic E-state index is 6.86. The second-order valence-corrected chi connectivity index (χ2v) is 11.5. The highest BCUT2D eigenvalue weighted by molar-refractivity contribution is 6.81. The molecular weight excluding hydrogens is 296 g/mol. The van der Waals surface area contributed by atoms with Crippen molar-refractivity contribution in [2.45, 2.75) is 81.9 Å². The summed E-state index contributed by atoms with van der Waals surface area (Å²) in [5.41, 5.74) is 5.26. The molecule has 0 bridgehead atoms. The minimum absolute atomic E-state index is 0.784. The first-order valence-corrected chi connectivity index (χ1v) is 11.8. The second-order valence-electron chi connectivity index (χ2n) is 7.50. The molecule has 0 N–H and O–H groups in total. The Hall–Kier alpha value is -0.863. The van der Waals surface area contributed by atoms with Crippen LogP contribution in [0.15, 0.2) is 42.6 Å². The van der Waals surface area contributed by atoms with Gasteiger partial charge in [0.2, 0.25) is 8.32 Å². The molecule has 0 aliphatic heterocycles. The van der Waals surface area contributed by atoms with E-state index in [1.807, 2.05) is 0 Å². The van der Waals surface area contributed by atoms with E-state index in [-0.39, 0.29) is 0 Å². The Bertz CT molecular complexity index is 454. The van der Waals surface area contributed by atoms with Crippen LogP contribution in [0.25, 0.3) is 0 Å². The highest BCUT2D eigenvalue weighted by atomic mass is 28.4. The van der Waals surface area contributed by atoms with Crippen LogP contribution in [-0.4, -0.2) is 8.32 Å². The lowest BCUT2D eigenvalue weighted by Gasteiger charge is -2.45. The molecule has 1 aromatic carbocycles. The van der Waals surface area contributed by atoms with E-state index in [9.17, 15) is 0 Å². The molecule has 0 spiro atoms. The van der Waals surface area contributed by atoms with Crippen molar-refractivity contribution in [3.8, 4) is 0 Å². The summed E-state index contributed by atoms with van der Waals surface area (Å²) in [5, 5.41) is 0. The Labute approximate surface area is 143 Å². The maximum Gasteiger partial charge on any atom is 0.223 e.